The predicted octanol–water partition coefficient (Wildman–Crippen LogP) is 4.49. The number of methoxy groups -OCH3 is 1. The van der Waals surface area contributed by atoms with Crippen LogP contribution in [-0.2, 0) is 4.74 Å². The van der Waals surface area contributed by atoms with Gasteiger partial charge in [0.1, 0.15) is 0 Å². The third-order valence-electron chi connectivity index (χ3n) is 5.34. The van der Waals surface area contributed by atoms with Crippen LogP contribution in [0.1, 0.15) is 31.1 Å². The number of amides is 2. The Morgan fingerprint density at radius 2 is 1.45 bits per heavy atom. The number of imide groups is 1. The number of carbonyl (C=O) groups excluding carboxylic acids is 3. The quantitative estimate of drug-likeness (QED) is 0.369. The van der Waals surface area contributed by atoms with Crippen molar-refractivity contribution in [2.45, 2.75) is 0 Å². The standard InChI is InChI=1S/C25H16N2O4/c1-31-25(30)20-14-22(26-21-9-5-4-6-17(20)21)15-10-12-16(13-11-15)27-23(28)18-7-2-3-8-19(18)24(27)29/h2-14H,1H3. The van der Waals surface area contributed by atoms with E-state index in [0.717, 1.165) is 5.56 Å². The molecule has 1 aromatic heterocycles. The maximum absolute atomic E-state index is 12.7. The number of rotatable bonds is 3. The SMILES string of the molecule is COC(=O)c1cc(-c2ccc(N3C(=O)c4ccccc4C3=O)cc2)nc2ccccc12. The van der Waals surface area contributed by atoms with Crippen molar-refractivity contribution < 1.29 is 19.1 Å². The minimum absolute atomic E-state index is 0.342. The second-order valence-electron chi connectivity index (χ2n) is 7.10. The van der Waals surface area contributed by atoms with Gasteiger partial charge in [0.25, 0.3) is 11.8 Å². The number of esters is 1. The van der Waals surface area contributed by atoms with Gasteiger partial charge in [0, 0.05) is 10.9 Å². The second kappa shape index (κ2) is 7.18. The number of aromatic nitrogens is 1. The Labute approximate surface area is 177 Å². The number of benzene rings is 3. The molecule has 0 N–H and O–H groups in total. The van der Waals surface area contributed by atoms with Gasteiger partial charge in [-0.2, -0.15) is 0 Å². The molecule has 0 aliphatic carbocycles. The molecule has 31 heavy (non-hydrogen) atoms. The highest BCUT2D eigenvalue weighted by Gasteiger charge is 2.36. The van der Waals surface area contributed by atoms with Crippen LogP contribution in [0.15, 0.2) is 78.9 Å². The van der Waals surface area contributed by atoms with Crippen molar-refractivity contribution in [2.75, 3.05) is 12.0 Å². The fraction of sp³-hybridized carbons (Fsp3) is 0.0400. The highest BCUT2D eigenvalue weighted by Crippen LogP contribution is 2.31. The van der Waals surface area contributed by atoms with Gasteiger partial charge in [-0.3, -0.25) is 9.59 Å². The van der Waals surface area contributed by atoms with Crippen LogP contribution in [0.2, 0.25) is 0 Å². The number of hydrogen-bond acceptors (Lipinski definition) is 5. The third-order valence-corrected chi connectivity index (χ3v) is 5.34. The van der Waals surface area contributed by atoms with E-state index in [-0.39, 0.29) is 11.8 Å². The van der Waals surface area contributed by atoms with Crippen molar-refractivity contribution in [3.8, 4) is 11.3 Å². The first-order valence-electron chi connectivity index (χ1n) is 9.65. The van der Waals surface area contributed by atoms with Crippen LogP contribution in [0.4, 0.5) is 5.69 Å². The lowest BCUT2D eigenvalue weighted by atomic mass is 10.0. The normalized spacial score (nSPS) is 12.9. The smallest absolute Gasteiger partial charge is 0.338 e. The lowest BCUT2D eigenvalue weighted by molar-refractivity contribution is 0.0602. The number of anilines is 1. The van der Waals surface area contributed by atoms with Gasteiger partial charge < -0.3 is 4.74 Å². The summed E-state index contributed by atoms with van der Waals surface area (Å²) in [6.45, 7) is 0. The van der Waals surface area contributed by atoms with Gasteiger partial charge in [-0.15, -0.1) is 0 Å². The maximum atomic E-state index is 12.7. The van der Waals surface area contributed by atoms with E-state index < -0.39 is 5.97 Å². The Bertz CT molecular complexity index is 1340. The molecule has 0 spiro atoms. The summed E-state index contributed by atoms with van der Waals surface area (Å²) in [5, 5.41) is 0.709. The van der Waals surface area contributed by atoms with Crippen LogP contribution in [0.25, 0.3) is 22.2 Å². The van der Waals surface area contributed by atoms with Crippen LogP contribution in [0.5, 0.6) is 0 Å². The summed E-state index contributed by atoms with van der Waals surface area (Å²) in [7, 11) is 1.34. The molecule has 2 amide bonds. The molecule has 0 unspecified atom stereocenters. The fourth-order valence-corrected chi connectivity index (χ4v) is 3.81. The zero-order chi connectivity index (χ0) is 21.5. The molecule has 5 rings (SSSR count). The number of nitrogens with zero attached hydrogens (tertiary/aromatic N) is 2. The van der Waals surface area contributed by atoms with Crippen molar-refractivity contribution in [3.05, 3.63) is 95.6 Å². The summed E-state index contributed by atoms with van der Waals surface area (Å²) in [6.07, 6.45) is 0. The number of carbonyl (C=O) groups is 3. The summed E-state index contributed by atoms with van der Waals surface area (Å²) in [5.74, 6) is -1.13. The molecular formula is C25H16N2O4. The molecule has 2 heterocycles. The van der Waals surface area contributed by atoms with Crippen LogP contribution in [0, 0.1) is 0 Å². The van der Waals surface area contributed by atoms with Gasteiger partial charge in [-0.25, -0.2) is 14.7 Å². The van der Waals surface area contributed by atoms with E-state index in [4.69, 9.17) is 4.74 Å². The number of para-hydroxylation sites is 1. The first kappa shape index (κ1) is 18.7. The molecule has 6 nitrogen and oxygen atoms in total. The van der Waals surface area contributed by atoms with E-state index in [9.17, 15) is 14.4 Å². The Balaban J connectivity index is 1.54. The summed E-state index contributed by atoms with van der Waals surface area (Å²) >= 11 is 0. The average molecular weight is 408 g/mol. The lowest BCUT2D eigenvalue weighted by Crippen LogP contribution is -2.29. The molecule has 0 saturated carbocycles. The zero-order valence-corrected chi connectivity index (χ0v) is 16.5. The van der Waals surface area contributed by atoms with E-state index in [1.807, 2.05) is 24.3 Å². The average Bonchev–Trinajstić information content (AvgIpc) is 3.08. The minimum Gasteiger partial charge on any atom is -0.465 e. The molecule has 150 valence electrons. The van der Waals surface area contributed by atoms with E-state index >= 15 is 0 Å². The van der Waals surface area contributed by atoms with Gasteiger partial charge in [-0.1, -0.05) is 42.5 Å². The third kappa shape index (κ3) is 2.97. The van der Waals surface area contributed by atoms with E-state index in [1.54, 1.807) is 54.6 Å². The van der Waals surface area contributed by atoms with Gasteiger partial charge >= 0.3 is 5.97 Å². The van der Waals surface area contributed by atoms with Gasteiger partial charge in [-0.05, 0) is 36.4 Å². The summed E-state index contributed by atoms with van der Waals surface area (Å²) in [4.78, 5) is 43.5. The number of ether oxygens (including phenoxy) is 1. The monoisotopic (exact) mass is 408 g/mol. The van der Waals surface area contributed by atoms with Crippen LogP contribution in [-0.4, -0.2) is 29.9 Å². The molecule has 1 aliphatic heterocycles. The van der Waals surface area contributed by atoms with E-state index in [0.29, 0.717) is 39.0 Å². The predicted molar refractivity (Wildman–Crippen MR) is 116 cm³/mol. The van der Waals surface area contributed by atoms with Crippen molar-refractivity contribution in [3.63, 3.8) is 0 Å². The van der Waals surface area contributed by atoms with Crippen molar-refractivity contribution in [1.29, 1.82) is 0 Å². The fourth-order valence-electron chi connectivity index (χ4n) is 3.81. The molecule has 0 fully saturated rings. The minimum atomic E-state index is -0.442. The highest BCUT2D eigenvalue weighted by molar-refractivity contribution is 6.34. The van der Waals surface area contributed by atoms with Crippen molar-refractivity contribution in [1.82, 2.24) is 4.98 Å². The lowest BCUT2D eigenvalue weighted by Gasteiger charge is -2.14. The Kier molecular flexibility index (Phi) is 4.33. The van der Waals surface area contributed by atoms with Crippen LogP contribution >= 0.6 is 0 Å². The zero-order valence-electron chi connectivity index (χ0n) is 16.5. The molecule has 0 saturated heterocycles. The summed E-state index contributed by atoms with van der Waals surface area (Å²) in [5.41, 5.74) is 3.71. The molecule has 3 aromatic carbocycles. The molecule has 1 aliphatic rings. The van der Waals surface area contributed by atoms with Gasteiger partial charge in [0.05, 0.1) is 40.7 Å². The topological polar surface area (TPSA) is 76.6 Å². The van der Waals surface area contributed by atoms with Gasteiger partial charge in [0.15, 0.2) is 0 Å². The van der Waals surface area contributed by atoms with Crippen molar-refractivity contribution in [2.24, 2.45) is 0 Å². The molecular weight excluding hydrogens is 392 g/mol. The van der Waals surface area contributed by atoms with Gasteiger partial charge in [0.2, 0.25) is 0 Å². The largest absolute Gasteiger partial charge is 0.465 e. The first-order chi connectivity index (χ1) is 15.1. The molecule has 6 heteroatoms. The summed E-state index contributed by atoms with van der Waals surface area (Å²) in [6, 6.07) is 22.8. The van der Waals surface area contributed by atoms with E-state index in [2.05, 4.69) is 4.98 Å². The summed E-state index contributed by atoms with van der Waals surface area (Å²) < 4.78 is 4.93. The molecule has 4 aromatic rings. The Morgan fingerprint density at radius 1 is 0.839 bits per heavy atom. The number of fused-ring (bicyclic) bond motifs is 2. The maximum Gasteiger partial charge on any atom is 0.338 e. The highest BCUT2D eigenvalue weighted by atomic mass is 16.5. The molecule has 0 bridgehead atoms. The number of hydrogen-bond donors (Lipinski definition) is 0. The van der Waals surface area contributed by atoms with Crippen molar-refractivity contribution >= 4 is 34.4 Å². The Hall–Kier alpha value is -4.32. The number of pyridine rings is 1. The van der Waals surface area contributed by atoms with Crippen LogP contribution < -0.4 is 4.90 Å². The molecule has 0 radical (unpaired) electrons. The van der Waals surface area contributed by atoms with Crippen LogP contribution in [0.3, 0.4) is 0 Å². The first-order valence-corrected chi connectivity index (χ1v) is 9.65. The second-order valence-corrected chi connectivity index (χ2v) is 7.10. The van der Waals surface area contributed by atoms with E-state index in [1.165, 1.54) is 12.0 Å². The Morgan fingerprint density at radius 3 is 2.10 bits per heavy atom. The molecule has 0 atom stereocenters.